The number of nitriles is 1. The van der Waals surface area contributed by atoms with E-state index in [9.17, 15) is 9.59 Å². The van der Waals surface area contributed by atoms with Gasteiger partial charge in [0.05, 0.1) is 11.3 Å². The molecule has 2 N–H and O–H groups in total. The molecule has 0 aliphatic heterocycles. The van der Waals surface area contributed by atoms with Gasteiger partial charge in [-0.15, -0.1) is 0 Å². The van der Waals surface area contributed by atoms with Gasteiger partial charge >= 0.3 is 12.0 Å². The van der Waals surface area contributed by atoms with Crippen LogP contribution in [0.1, 0.15) is 12.0 Å². The maximum absolute atomic E-state index is 12.1. The molecule has 0 radical (unpaired) electrons. The molecule has 112 valence electrons. The third-order valence-electron chi connectivity index (χ3n) is 2.90. The summed E-state index contributed by atoms with van der Waals surface area (Å²) in [6, 6.07) is 7.15. The van der Waals surface area contributed by atoms with Gasteiger partial charge in [-0.1, -0.05) is 12.1 Å². The van der Waals surface area contributed by atoms with Gasteiger partial charge in [-0.2, -0.15) is 17.0 Å². The normalized spacial score (nSPS) is 11.3. The molecule has 0 fully saturated rings. The number of urea groups is 1. The first-order valence-corrected chi connectivity index (χ1v) is 7.65. The molecule has 0 spiro atoms. The Morgan fingerprint density at radius 3 is 2.71 bits per heavy atom. The van der Waals surface area contributed by atoms with Crippen LogP contribution in [-0.2, 0) is 4.79 Å². The third-order valence-corrected chi connectivity index (χ3v) is 3.54. The number of carboxylic acids is 1. The fraction of sp³-hybridized carbons (Fsp3) is 0.357. The number of carboxylic acid groups (broad SMARTS) is 1. The highest BCUT2D eigenvalue weighted by atomic mass is 32.2. The monoisotopic (exact) mass is 307 g/mol. The van der Waals surface area contributed by atoms with Gasteiger partial charge < -0.3 is 10.4 Å². The van der Waals surface area contributed by atoms with Gasteiger partial charge in [0.15, 0.2) is 0 Å². The molecule has 1 atom stereocenters. The number of thioether (sulfide) groups is 1. The first kappa shape index (κ1) is 16.9. The number of anilines is 1. The molecule has 2 amide bonds. The van der Waals surface area contributed by atoms with Crippen molar-refractivity contribution >= 4 is 29.4 Å². The molecule has 0 saturated heterocycles. The molecule has 0 aromatic heterocycles. The number of hydrogen-bond donors (Lipinski definition) is 2. The smallest absolute Gasteiger partial charge is 0.326 e. The lowest BCUT2D eigenvalue weighted by atomic mass is 10.2. The molecule has 1 rings (SSSR count). The Morgan fingerprint density at radius 1 is 1.48 bits per heavy atom. The van der Waals surface area contributed by atoms with Crippen LogP contribution >= 0.6 is 11.8 Å². The lowest BCUT2D eigenvalue weighted by Crippen LogP contribution is -2.47. The van der Waals surface area contributed by atoms with E-state index < -0.39 is 18.0 Å². The van der Waals surface area contributed by atoms with Gasteiger partial charge in [0.2, 0.25) is 0 Å². The molecule has 0 aliphatic carbocycles. The van der Waals surface area contributed by atoms with Crippen molar-refractivity contribution in [1.82, 2.24) is 5.32 Å². The highest BCUT2D eigenvalue weighted by molar-refractivity contribution is 7.98. The van der Waals surface area contributed by atoms with Crippen LogP contribution in [0.3, 0.4) is 0 Å². The molecule has 1 aromatic carbocycles. The second kappa shape index (κ2) is 8.17. The van der Waals surface area contributed by atoms with Crippen LogP contribution in [-0.4, -0.2) is 42.2 Å². The number of aliphatic carboxylic acids is 1. The van der Waals surface area contributed by atoms with E-state index in [1.165, 1.54) is 23.7 Å². The molecular weight excluding hydrogens is 290 g/mol. The zero-order valence-corrected chi connectivity index (χ0v) is 12.7. The first-order valence-electron chi connectivity index (χ1n) is 6.26. The Bertz CT molecular complexity index is 557. The molecule has 1 aromatic rings. The fourth-order valence-electron chi connectivity index (χ4n) is 1.71. The number of carbonyl (C=O) groups excluding carboxylic acids is 1. The van der Waals surface area contributed by atoms with Crippen molar-refractivity contribution in [3.8, 4) is 6.07 Å². The lowest BCUT2D eigenvalue weighted by molar-refractivity contribution is -0.139. The van der Waals surface area contributed by atoms with Crippen LogP contribution in [0.4, 0.5) is 10.5 Å². The van der Waals surface area contributed by atoms with Gasteiger partial charge in [0, 0.05) is 7.05 Å². The number of benzene rings is 1. The molecule has 0 saturated carbocycles. The second-order valence-corrected chi connectivity index (χ2v) is 5.30. The maximum atomic E-state index is 12.1. The average Bonchev–Trinajstić information content (AvgIpc) is 2.49. The standard InChI is InChI=1S/C14H17N3O3S/c1-17(12-6-4-3-5-10(12)9-15)14(20)16-11(13(18)19)7-8-21-2/h3-6,11H,7-8H2,1-2H3,(H,16,20)(H,18,19)/t11-/m1/s1. The van der Waals surface area contributed by atoms with E-state index in [1.54, 1.807) is 24.3 Å². The lowest BCUT2D eigenvalue weighted by Gasteiger charge is -2.22. The van der Waals surface area contributed by atoms with E-state index in [2.05, 4.69) is 5.32 Å². The maximum Gasteiger partial charge on any atom is 0.326 e. The van der Waals surface area contributed by atoms with Crippen molar-refractivity contribution < 1.29 is 14.7 Å². The average molecular weight is 307 g/mol. The van der Waals surface area contributed by atoms with E-state index in [-0.39, 0.29) is 0 Å². The molecule has 0 bridgehead atoms. The number of amides is 2. The minimum absolute atomic E-state index is 0.343. The topological polar surface area (TPSA) is 93.4 Å². The SMILES string of the molecule is CSCC[C@@H](NC(=O)N(C)c1ccccc1C#N)C(=O)O. The summed E-state index contributed by atoms with van der Waals surface area (Å²) < 4.78 is 0. The number of nitrogens with zero attached hydrogens (tertiary/aromatic N) is 2. The Morgan fingerprint density at radius 2 is 2.14 bits per heavy atom. The van der Waals surface area contributed by atoms with Crippen LogP contribution in [0.2, 0.25) is 0 Å². The van der Waals surface area contributed by atoms with Crippen LogP contribution < -0.4 is 10.2 Å². The summed E-state index contributed by atoms with van der Waals surface area (Å²) in [6.07, 6.45) is 2.21. The molecular formula is C14H17N3O3S. The Kier molecular flexibility index (Phi) is 6.56. The highest BCUT2D eigenvalue weighted by Crippen LogP contribution is 2.18. The van der Waals surface area contributed by atoms with Crippen molar-refractivity contribution in [2.75, 3.05) is 24.0 Å². The van der Waals surface area contributed by atoms with Gasteiger partial charge in [-0.3, -0.25) is 4.90 Å². The minimum Gasteiger partial charge on any atom is -0.480 e. The summed E-state index contributed by atoms with van der Waals surface area (Å²) in [4.78, 5) is 24.5. The second-order valence-electron chi connectivity index (χ2n) is 4.31. The van der Waals surface area contributed by atoms with Crippen molar-refractivity contribution in [2.45, 2.75) is 12.5 Å². The van der Waals surface area contributed by atoms with Crippen LogP contribution in [0.5, 0.6) is 0 Å². The summed E-state index contributed by atoms with van der Waals surface area (Å²) >= 11 is 1.51. The number of rotatable bonds is 6. The molecule has 7 heteroatoms. The molecule has 6 nitrogen and oxygen atoms in total. The summed E-state index contributed by atoms with van der Waals surface area (Å²) in [7, 11) is 1.50. The zero-order chi connectivity index (χ0) is 15.8. The van der Waals surface area contributed by atoms with E-state index in [0.717, 1.165) is 0 Å². The van der Waals surface area contributed by atoms with Crippen LogP contribution in [0.15, 0.2) is 24.3 Å². The number of para-hydroxylation sites is 1. The number of hydrogen-bond acceptors (Lipinski definition) is 4. The van der Waals surface area contributed by atoms with Crippen molar-refractivity contribution in [1.29, 1.82) is 5.26 Å². The minimum atomic E-state index is -1.07. The predicted octanol–water partition coefficient (Wildman–Crippen LogP) is 1.91. The number of nitrogens with one attached hydrogen (secondary N) is 1. The summed E-state index contributed by atoms with van der Waals surface area (Å²) in [5.74, 6) is -0.435. The van der Waals surface area contributed by atoms with Crippen molar-refractivity contribution in [3.63, 3.8) is 0 Å². The van der Waals surface area contributed by atoms with Crippen molar-refractivity contribution in [3.05, 3.63) is 29.8 Å². The molecule has 0 aliphatic rings. The first-order chi connectivity index (χ1) is 10.0. The van der Waals surface area contributed by atoms with E-state index in [1.807, 2.05) is 12.3 Å². The predicted molar refractivity (Wildman–Crippen MR) is 82.5 cm³/mol. The van der Waals surface area contributed by atoms with Crippen LogP contribution in [0.25, 0.3) is 0 Å². The van der Waals surface area contributed by atoms with E-state index in [4.69, 9.17) is 10.4 Å². The summed E-state index contributed by atoms with van der Waals surface area (Å²) in [6.45, 7) is 0. The number of carbonyl (C=O) groups is 2. The van der Waals surface area contributed by atoms with Crippen molar-refractivity contribution in [2.24, 2.45) is 0 Å². The van der Waals surface area contributed by atoms with Crippen LogP contribution in [0, 0.1) is 11.3 Å². The molecule has 21 heavy (non-hydrogen) atoms. The largest absolute Gasteiger partial charge is 0.480 e. The quantitative estimate of drug-likeness (QED) is 0.837. The van der Waals surface area contributed by atoms with E-state index >= 15 is 0 Å². The Hall–Kier alpha value is -2.20. The Labute approximate surface area is 127 Å². The van der Waals surface area contributed by atoms with E-state index in [0.29, 0.717) is 23.4 Å². The fourth-order valence-corrected chi connectivity index (χ4v) is 2.18. The van der Waals surface area contributed by atoms with Gasteiger partial charge in [0.25, 0.3) is 0 Å². The molecule has 0 unspecified atom stereocenters. The van der Waals surface area contributed by atoms with Gasteiger partial charge in [0.1, 0.15) is 12.1 Å². The molecule has 0 heterocycles. The Balaban J connectivity index is 2.82. The summed E-state index contributed by atoms with van der Waals surface area (Å²) in [5, 5.41) is 20.6. The summed E-state index contributed by atoms with van der Waals surface area (Å²) in [5.41, 5.74) is 0.789. The highest BCUT2D eigenvalue weighted by Gasteiger charge is 2.22. The van der Waals surface area contributed by atoms with Gasteiger partial charge in [-0.05, 0) is 30.6 Å². The zero-order valence-electron chi connectivity index (χ0n) is 11.9. The van der Waals surface area contributed by atoms with Gasteiger partial charge in [-0.25, -0.2) is 9.59 Å². The third kappa shape index (κ3) is 4.68.